The molecule has 0 fully saturated rings. The van der Waals surface area contributed by atoms with Gasteiger partial charge in [-0.3, -0.25) is 9.20 Å². The number of para-hydroxylation sites is 2. The molecule has 0 aliphatic heterocycles. The van der Waals surface area contributed by atoms with Crippen molar-refractivity contribution in [3.8, 4) is 17.2 Å². The van der Waals surface area contributed by atoms with E-state index < -0.39 is 0 Å². The van der Waals surface area contributed by atoms with Gasteiger partial charge in [0, 0.05) is 17.2 Å². The fourth-order valence-corrected chi connectivity index (χ4v) is 4.69. The number of nitrogens with zero attached hydrogens (tertiary/aromatic N) is 2. The molecule has 5 aromatic rings. The van der Waals surface area contributed by atoms with E-state index in [4.69, 9.17) is 19.2 Å². The number of nitrogens with one attached hydrogen (secondary N) is 1. The third kappa shape index (κ3) is 3.89. The molecule has 0 aliphatic carbocycles. The number of amides is 1. The highest BCUT2D eigenvalue weighted by molar-refractivity contribution is 6.16. The van der Waals surface area contributed by atoms with Gasteiger partial charge in [0.2, 0.25) is 11.7 Å². The van der Waals surface area contributed by atoms with Crippen molar-refractivity contribution >= 4 is 38.9 Å². The third-order valence-electron chi connectivity index (χ3n) is 6.27. The highest BCUT2D eigenvalue weighted by Crippen LogP contribution is 2.39. The monoisotopic (exact) mass is 469 g/mol. The van der Waals surface area contributed by atoms with Crippen LogP contribution in [0.5, 0.6) is 17.2 Å². The van der Waals surface area contributed by atoms with Crippen LogP contribution in [-0.4, -0.2) is 36.6 Å². The summed E-state index contributed by atoms with van der Waals surface area (Å²) in [6.45, 7) is 1.99. The zero-order valence-corrected chi connectivity index (χ0v) is 20.2. The molecule has 0 bridgehead atoms. The molecule has 2 heterocycles. The Hall–Kier alpha value is -4.26. The molecule has 7 heteroatoms. The second kappa shape index (κ2) is 9.18. The number of fused-ring (bicyclic) bond motifs is 5. The summed E-state index contributed by atoms with van der Waals surface area (Å²) in [5.41, 5.74) is 4.59. The van der Waals surface area contributed by atoms with Gasteiger partial charge in [-0.2, -0.15) is 0 Å². The van der Waals surface area contributed by atoms with Crippen LogP contribution in [-0.2, 0) is 11.2 Å². The second-order valence-electron chi connectivity index (χ2n) is 8.33. The Morgan fingerprint density at radius 3 is 2.26 bits per heavy atom. The summed E-state index contributed by atoms with van der Waals surface area (Å²) in [5.74, 6) is 2.47. The number of methoxy groups -OCH3 is 3. The lowest BCUT2D eigenvalue weighted by atomic mass is 10.1. The van der Waals surface area contributed by atoms with Crippen molar-refractivity contribution in [2.45, 2.75) is 19.8 Å². The number of hydrogen-bond donors (Lipinski definition) is 1. The predicted octanol–water partition coefficient (Wildman–Crippen LogP) is 5.55. The maximum absolute atomic E-state index is 13.2. The van der Waals surface area contributed by atoms with Gasteiger partial charge < -0.3 is 19.5 Å². The van der Waals surface area contributed by atoms with E-state index in [1.165, 1.54) is 0 Å². The first-order valence-corrected chi connectivity index (χ1v) is 11.4. The van der Waals surface area contributed by atoms with Gasteiger partial charge in [0.1, 0.15) is 5.82 Å². The Morgan fingerprint density at radius 2 is 1.57 bits per heavy atom. The van der Waals surface area contributed by atoms with E-state index in [0.29, 0.717) is 30.1 Å². The smallest absolute Gasteiger partial charge is 0.224 e. The first kappa shape index (κ1) is 22.5. The summed E-state index contributed by atoms with van der Waals surface area (Å²) in [6.07, 6.45) is 0.819. The summed E-state index contributed by atoms with van der Waals surface area (Å²) in [4.78, 5) is 18.0. The van der Waals surface area contributed by atoms with Crippen molar-refractivity contribution in [3.63, 3.8) is 0 Å². The Kier molecular flexibility index (Phi) is 5.91. The van der Waals surface area contributed by atoms with Crippen molar-refractivity contribution in [3.05, 3.63) is 72.1 Å². The van der Waals surface area contributed by atoms with Crippen molar-refractivity contribution in [2.75, 3.05) is 26.6 Å². The lowest BCUT2D eigenvalue weighted by Crippen LogP contribution is -2.12. The minimum Gasteiger partial charge on any atom is -0.493 e. The second-order valence-corrected chi connectivity index (χ2v) is 8.33. The number of aryl methyl sites for hydroxylation is 2. The molecule has 0 unspecified atom stereocenters. The van der Waals surface area contributed by atoms with Gasteiger partial charge in [0.15, 0.2) is 11.5 Å². The molecule has 1 N–H and O–H groups in total. The fraction of sp³-hybridized carbons (Fsp3) is 0.214. The summed E-state index contributed by atoms with van der Waals surface area (Å²) in [7, 11) is 4.73. The number of hydrogen-bond acceptors (Lipinski definition) is 5. The molecule has 178 valence electrons. The van der Waals surface area contributed by atoms with Crippen LogP contribution in [0.1, 0.15) is 17.8 Å². The first-order chi connectivity index (χ1) is 17.0. The Balaban J connectivity index is 1.51. The third-order valence-corrected chi connectivity index (χ3v) is 6.27. The van der Waals surface area contributed by atoms with Crippen LogP contribution in [0.25, 0.3) is 27.3 Å². The molecule has 0 atom stereocenters. The number of benzene rings is 3. The zero-order valence-electron chi connectivity index (χ0n) is 20.2. The van der Waals surface area contributed by atoms with E-state index in [2.05, 4.69) is 15.8 Å². The van der Waals surface area contributed by atoms with Crippen LogP contribution < -0.4 is 19.5 Å². The maximum atomic E-state index is 13.2. The highest BCUT2D eigenvalue weighted by Gasteiger charge is 2.19. The van der Waals surface area contributed by atoms with Gasteiger partial charge in [-0.25, -0.2) is 4.98 Å². The molecule has 0 radical (unpaired) electrons. The molecule has 1 amide bonds. The van der Waals surface area contributed by atoms with Gasteiger partial charge in [0.05, 0.1) is 43.6 Å². The number of rotatable bonds is 7. The van der Waals surface area contributed by atoms with Crippen molar-refractivity contribution in [1.29, 1.82) is 0 Å². The van der Waals surface area contributed by atoms with Crippen LogP contribution in [0.4, 0.5) is 5.69 Å². The summed E-state index contributed by atoms with van der Waals surface area (Å²) in [5, 5.41) is 5.18. The van der Waals surface area contributed by atoms with E-state index in [1.807, 2.05) is 61.5 Å². The number of carbonyl (C=O) groups is 1. The standard InChI is InChI=1S/C28H27N3O4/c1-17-29-21-11-7-5-9-19(21)27-26(20-10-6-8-12-22(20)31(17)27)30-25(32)14-13-18-15-23(33-2)28(35-4)24(16-18)34-3/h5-12,15-16H,13-14H2,1-4H3,(H,30,32). The molecule has 35 heavy (non-hydrogen) atoms. The van der Waals surface area contributed by atoms with Crippen molar-refractivity contribution in [1.82, 2.24) is 9.38 Å². The normalized spacial score (nSPS) is 11.2. The minimum absolute atomic E-state index is 0.0736. The van der Waals surface area contributed by atoms with E-state index in [-0.39, 0.29) is 5.91 Å². The number of aromatic nitrogens is 2. The van der Waals surface area contributed by atoms with E-state index in [1.54, 1.807) is 21.3 Å². The van der Waals surface area contributed by atoms with Crippen LogP contribution in [0.2, 0.25) is 0 Å². The van der Waals surface area contributed by atoms with Gasteiger partial charge in [-0.15, -0.1) is 0 Å². The molecule has 0 saturated heterocycles. The average Bonchev–Trinajstić information content (AvgIpc) is 3.21. The van der Waals surface area contributed by atoms with E-state index >= 15 is 0 Å². The number of carbonyl (C=O) groups excluding carboxylic acids is 1. The SMILES string of the molecule is COc1cc(CCC(=O)Nc2c3ccccc3n3c(C)nc4ccccc4c23)cc(OC)c1OC. The Bertz CT molecular complexity index is 1550. The van der Waals surface area contributed by atoms with Gasteiger partial charge in [0.25, 0.3) is 0 Å². The molecular weight excluding hydrogens is 442 g/mol. The zero-order chi connectivity index (χ0) is 24.5. The Labute approximate surface area is 203 Å². The predicted molar refractivity (Wildman–Crippen MR) is 138 cm³/mol. The summed E-state index contributed by atoms with van der Waals surface area (Å²) >= 11 is 0. The topological polar surface area (TPSA) is 74.1 Å². The van der Waals surface area contributed by atoms with Crippen molar-refractivity contribution < 1.29 is 19.0 Å². The molecule has 0 saturated carbocycles. The summed E-state index contributed by atoms with van der Waals surface area (Å²) in [6, 6.07) is 19.8. The quantitative estimate of drug-likeness (QED) is 0.338. The molecule has 5 rings (SSSR count). The van der Waals surface area contributed by atoms with E-state index in [9.17, 15) is 4.79 Å². The average molecular weight is 470 g/mol. The van der Waals surface area contributed by atoms with Crippen LogP contribution in [0, 0.1) is 6.92 Å². The largest absolute Gasteiger partial charge is 0.493 e. The minimum atomic E-state index is -0.0736. The van der Waals surface area contributed by atoms with Crippen LogP contribution in [0.15, 0.2) is 60.7 Å². The Morgan fingerprint density at radius 1 is 0.914 bits per heavy atom. The number of anilines is 1. The van der Waals surface area contributed by atoms with Gasteiger partial charge >= 0.3 is 0 Å². The molecular formula is C28H27N3O4. The summed E-state index contributed by atoms with van der Waals surface area (Å²) < 4.78 is 18.4. The van der Waals surface area contributed by atoms with Crippen molar-refractivity contribution in [2.24, 2.45) is 0 Å². The number of ether oxygens (including phenoxy) is 3. The molecule has 2 aromatic heterocycles. The maximum Gasteiger partial charge on any atom is 0.224 e. The lowest BCUT2D eigenvalue weighted by Gasteiger charge is -2.14. The molecule has 0 aliphatic rings. The van der Waals surface area contributed by atoms with Crippen LogP contribution >= 0.6 is 0 Å². The molecule has 3 aromatic carbocycles. The van der Waals surface area contributed by atoms with E-state index in [0.717, 1.165) is 44.4 Å². The highest BCUT2D eigenvalue weighted by atomic mass is 16.5. The fourth-order valence-electron chi connectivity index (χ4n) is 4.69. The lowest BCUT2D eigenvalue weighted by molar-refractivity contribution is -0.116. The van der Waals surface area contributed by atoms with Gasteiger partial charge in [-0.1, -0.05) is 36.4 Å². The van der Waals surface area contributed by atoms with Crippen LogP contribution in [0.3, 0.4) is 0 Å². The molecule has 0 spiro atoms. The molecule has 7 nitrogen and oxygen atoms in total. The first-order valence-electron chi connectivity index (χ1n) is 11.4. The van der Waals surface area contributed by atoms with Gasteiger partial charge in [-0.05, 0) is 43.2 Å².